The maximum atomic E-state index is 11.0. The highest BCUT2D eigenvalue weighted by atomic mass is 16.4. The predicted octanol–water partition coefficient (Wildman–Crippen LogP) is 2.66. The lowest BCUT2D eigenvalue weighted by Gasteiger charge is -2.09. The lowest BCUT2D eigenvalue weighted by Crippen LogP contribution is -2.17. The minimum absolute atomic E-state index is 0.437. The molecule has 1 aliphatic rings. The molecule has 0 aliphatic heterocycles. The number of hydrogen-bond acceptors (Lipinski definition) is 1. The molecule has 2 heteroatoms. The Morgan fingerprint density at radius 2 is 1.80 bits per heavy atom. The topological polar surface area (TPSA) is 37.3 Å². The summed E-state index contributed by atoms with van der Waals surface area (Å²) >= 11 is 0. The molecule has 0 amide bonds. The number of aryl methyl sites for hydroxylation is 1. The first kappa shape index (κ1) is 10.2. The van der Waals surface area contributed by atoms with E-state index in [0.717, 1.165) is 24.8 Å². The fourth-order valence-electron chi connectivity index (χ4n) is 1.90. The van der Waals surface area contributed by atoms with Crippen LogP contribution >= 0.6 is 0 Å². The van der Waals surface area contributed by atoms with Crippen molar-refractivity contribution in [2.45, 2.75) is 32.6 Å². The molecule has 1 saturated carbocycles. The maximum absolute atomic E-state index is 11.0. The van der Waals surface area contributed by atoms with E-state index in [1.165, 1.54) is 5.56 Å². The number of hydrogen-bond donors (Lipinski definition) is 1. The summed E-state index contributed by atoms with van der Waals surface area (Å²) in [6.07, 6.45) is 3.38. The van der Waals surface area contributed by atoms with Crippen molar-refractivity contribution in [1.82, 2.24) is 0 Å². The summed E-state index contributed by atoms with van der Waals surface area (Å²) in [4.78, 5) is 11.0. The molecular weight excluding hydrogens is 188 g/mol. The molecule has 1 N–H and O–H groups in total. The van der Waals surface area contributed by atoms with Gasteiger partial charge in [0.05, 0.1) is 5.41 Å². The second-order valence-electron chi connectivity index (χ2n) is 4.43. The van der Waals surface area contributed by atoms with Crippen LogP contribution in [0.4, 0.5) is 0 Å². The zero-order chi connectivity index (χ0) is 10.9. The van der Waals surface area contributed by atoms with E-state index in [0.29, 0.717) is 6.42 Å². The van der Waals surface area contributed by atoms with Gasteiger partial charge in [-0.2, -0.15) is 0 Å². The number of rotatable bonds is 4. The summed E-state index contributed by atoms with van der Waals surface area (Å²) < 4.78 is 0. The SMILES string of the molecule is CCc1ccc(CC2(C(=O)O)CC2)cc1. The van der Waals surface area contributed by atoms with Gasteiger partial charge in [-0.15, -0.1) is 0 Å². The lowest BCUT2D eigenvalue weighted by atomic mass is 9.96. The standard InChI is InChI=1S/C13H16O2/c1-2-10-3-5-11(6-4-10)9-13(7-8-13)12(14)15/h3-6H,2,7-9H2,1H3,(H,14,15). The van der Waals surface area contributed by atoms with Crippen molar-refractivity contribution in [3.63, 3.8) is 0 Å². The van der Waals surface area contributed by atoms with Gasteiger partial charge in [0.15, 0.2) is 0 Å². The number of carboxylic acid groups (broad SMARTS) is 1. The Bertz CT molecular complexity index is 361. The third kappa shape index (κ3) is 2.04. The number of carboxylic acids is 1. The van der Waals surface area contributed by atoms with Crippen LogP contribution in [0.15, 0.2) is 24.3 Å². The van der Waals surface area contributed by atoms with Crippen molar-refractivity contribution in [2.75, 3.05) is 0 Å². The molecule has 0 heterocycles. The molecule has 0 saturated heterocycles. The second-order valence-corrected chi connectivity index (χ2v) is 4.43. The fraction of sp³-hybridized carbons (Fsp3) is 0.462. The number of carbonyl (C=O) groups is 1. The van der Waals surface area contributed by atoms with Crippen molar-refractivity contribution < 1.29 is 9.90 Å². The minimum Gasteiger partial charge on any atom is -0.481 e. The normalized spacial score (nSPS) is 17.4. The largest absolute Gasteiger partial charge is 0.481 e. The van der Waals surface area contributed by atoms with Gasteiger partial charge in [0, 0.05) is 0 Å². The zero-order valence-electron chi connectivity index (χ0n) is 8.99. The van der Waals surface area contributed by atoms with Crippen molar-refractivity contribution in [1.29, 1.82) is 0 Å². The molecule has 80 valence electrons. The first-order valence-corrected chi connectivity index (χ1v) is 5.47. The Balaban J connectivity index is 2.08. The van der Waals surface area contributed by atoms with Gasteiger partial charge in [0.25, 0.3) is 0 Å². The molecule has 1 fully saturated rings. The summed E-state index contributed by atoms with van der Waals surface area (Å²) in [5.74, 6) is -0.637. The molecule has 1 aromatic rings. The first-order chi connectivity index (χ1) is 7.16. The number of benzene rings is 1. The highest BCUT2D eigenvalue weighted by Gasteiger charge is 2.49. The van der Waals surface area contributed by atoms with Crippen LogP contribution in [0.5, 0.6) is 0 Å². The smallest absolute Gasteiger partial charge is 0.309 e. The summed E-state index contributed by atoms with van der Waals surface area (Å²) in [6, 6.07) is 8.30. The molecule has 2 rings (SSSR count). The van der Waals surface area contributed by atoms with Gasteiger partial charge in [-0.3, -0.25) is 4.79 Å². The van der Waals surface area contributed by atoms with Gasteiger partial charge in [0.1, 0.15) is 0 Å². The molecular formula is C13H16O2. The zero-order valence-corrected chi connectivity index (χ0v) is 8.99. The molecule has 1 aliphatic carbocycles. The Morgan fingerprint density at radius 1 is 1.27 bits per heavy atom. The van der Waals surface area contributed by atoms with Crippen LogP contribution in [0.1, 0.15) is 30.9 Å². The maximum Gasteiger partial charge on any atom is 0.309 e. The van der Waals surface area contributed by atoms with E-state index in [4.69, 9.17) is 5.11 Å². The molecule has 15 heavy (non-hydrogen) atoms. The highest BCUT2D eigenvalue weighted by molar-refractivity contribution is 5.78. The molecule has 1 aromatic carbocycles. The van der Waals surface area contributed by atoms with E-state index in [1.54, 1.807) is 0 Å². The summed E-state index contributed by atoms with van der Waals surface area (Å²) in [5.41, 5.74) is 2.01. The van der Waals surface area contributed by atoms with Crippen LogP contribution in [0.25, 0.3) is 0 Å². The van der Waals surface area contributed by atoms with E-state index < -0.39 is 11.4 Å². The van der Waals surface area contributed by atoms with E-state index >= 15 is 0 Å². The van der Waals surface area contributed by atoms with E-state index in [-0.39, 0.29) is 0 Å². The van der Waals surface area contributed by atoms with Gasteiger partial charge in [-0.25, -0.2) is 0 Å². The molecule has 0 radical (unpaired) electrons. The van der Waals surface area contributed by atoms with Crippen LogP contribution in [-0.2, 0) is 17.6 Å². The van der Waals surface area contributed by atoms with E-state index in [9.17, 15) is 4.79 Å². The van der Waals surface area contributed by atoms with Crippen molar-refractivity contribution >= 4 is 5.97 Å². The minimum atomic E-state index is -0.637. The van der Waals surface area contributed by atoms with Gasteiger partial charge in [0.2, 0.25) is 0 Å². The van der Waals surface area contributed by atoms with Crippen LogP contribution in [-0.4, -0.2) is 11.1 Å². The summed E-state index contributed by atoms with van der Waals surface area (Å²) in [7, 11) is 0. The summed E-state index contributed by atoms with van der Waals surface area (Å²) in [6.45, 7) is 2.12. The molecule has 0 spiro atoms. The van der Waals surface area contributed by atoms with Crippen LogP contribution < -0.4 is 0 Å². The summed E-state index contributed by atoms with van der Waals surface area (Å²) in [5, 5.41) is 9.07. The molecule has 0 bridgehead atoms. The lowest BCUT2D eigenvalue weighted by molar-refractivity contribution is -0.143. The Labute approximate surface area is 89.9 Å². The fourth-order valence-corrected chi connectivity index (χ4v) is 1.90. The third-order valence-corrected chi connectivity index (χ3v) is 3.28. The van der Waals surface area contributed by atoms with Gasteiger partial charge in [-0.05, 0) is 36.8 Å². The van der Waals surface area contributed by atoms with Gasteiger partial charge >= 0.3 is 5.97 Å². The Hall–Kier alpha value is -1.31. The average molecular weight is 204 g/mol. The monoisotopic (exact) mass is 204 g/mol. The Morgan fingerprint density at radius 3 is 2.20 bits per heavy atom. The predicted molar refractivity (Wildman–Crippen MR) is 58.8 cm³/mol. The molecule has 0 unspecified atom stereocenters. The molecule has 0 aromatic heterocycles. The van der Waals surface area contributed by atoms with Gasteiger partial charge < -0.3 is 5.11 Å². The van der Waals surface area contributed by atoms with Gasteiger partial charge in [-0.1, -0.05) is 31.2 Å². The van der Waals surface area contributed by atoms with Crippen LogP contribution in [0.3, 0.4) is 0 Å². The van der Waals surface area contributed by atoms with E-state index in [1.807, 2.05) is 0 Å². The quantitative estimate of drug-likeness (QED) is 0.818. The van der Waals surface area contributed by atoms with Crippen molar-refractivity contribution in [3.05, 3.63) is 35.4 Å². The first-order valence-electron chi connectivity index (χ1n) is 5.47. The third-order valence-electron chi connectivity index (χ3n) is 3.28. The number of aliphatic carboxylic acids is 1. The molecule has 2 nitrogen and oxygen atoms in total. The second kappa shape index (κ2) is 3.69. The van der Waals surface area contributed by atoms with Crippen molar-refractivity contribution in [3.8, 4) is 0 Å². The van der Waals surface area contributed by atoms with Crippen LogP contribution in [0.2, 0.25) is 0 Å². The average Bonchev–Trinajstić information content (AvgIpc) is 3.00. The highest BCUT2D eigenvalue weighted by Crippen LogP contribution is 2.48. The van der Waals surface area contributed by atoms with E-state index in [2.05, 4.69) is 31.2 Å². The van der Waals surface area contributed by atoms with Crippen molar-refractivity contribution in [2.24, 2.45) is 5.41 Å². The van der Waals surface area contributed by atoms with Crippen LogP contribution in [0, 0.1) is 5.41 Å². The Kier molecular flexibility index (Phi) is 2.51. The molecule has 0 atom stereocenters.